The Kier molecular flexibility index (Phi) is 6.03. The number of benzene rings is 1. The maximum atomic E-state index is 9.48. The number of hydrogen-bond donors (Lipinski definition) is 1. The van der Waals surface area contributed by atoms with E-state index < -0.39 is 6.10 Å². The molecule has 1 atom stereocenters. The van der Waals surface area contributed by atoms with Crippen molar-refractivity contribution < 1.29 is 14.6 Å². The lowest BCUT2D eigenvalue weighted by Crippen LogP contribution is -2.00. The van der Waals surface area contributed by atoms with E-state index in [1.807, 2.05) is 6.07 Å². The number of nitrogens with zero attached hydrogens (tertiary/aromatic N) is 1. The molecule has 0 spiro atoms. The third-order valence-electron chi connectivity index (χ3n) is 2.61. The van der Waals surface area contributed by atoms with Crippen LogP contribution in [0.25, 0.3) is 0 Å². The number of hydrogen-bond acceptors (Lipinski definition) is 4. The summed E-state index contributed by atoms with van der Waals surface area (Å²) in [6.07, 6.45) is 1.71. The van der Waals surface area contributed by atoms with Gasteiger partial charge in [0, 0.05) is 6.42 Å². The Morgan fingerprint density at radius 1 is 1.33 bits per heavy atom. The van der Waals surface area contributed by atoms with Gasteiger partial charge in [0.15, 0.2) is 11.5 Å². The zero-order valence-corrected chi connectivity index (χ0v) is 10.8. The molecule has 0 aliphatic heterocycles. The number of rotatable bonds is 7. The molecule has 0 radical (unpaired) electrons. The Hall–Kier alpha value is -1.73. The van der Waals surface area contributed by atoms with Gasteiger partial charge >= 0.3 is 0 Å². The third-order valence-corrected chi connectivity index (χ3v) is 2.61. The number of methoxy groups -OCH3 is 1. The van der Waals surface area contributed by atoms with E-state index in [4.69, 9.17) is 14.7 Å². The van der Waals surface area contributed by atoms with Crippen LogP contribution in [0.5, 0.6) is 11.5 Å². The quantitative estimate of drug-likeness (QED) is 0.755. The zero-order chi connectivity index (χ0) is 13.4. The fourth-order valence-corrected chi connectivity index (χ4v) is 1.55. The minimum absolute atomic E-state index is 0.524. The molecule has 0 aliphatic carbocycles. The molecule has 4 heteroatoms. The number of ether oxygens (including phenoxy) is 2. The molecule has 0 aromatic heterocycles. The van der Waals surface area contributed by atoms with Gasteiger partial charge in [0.05, 0.1) is 25.9 Å². The molecule has 0 saturated heterocycles. The normalized spacial score (nSPS) is 11.7. The Bertz CT molecular complexity index is 410. The van der Waals surface area contributed by atoms with E-state index >= 15 is 0 Å². The third kappa shape index (κ3) is 4.27. The molecule has 0 fully saturated rings. The van der Waals surface area contributed by atoms with E-state index in [0.29, 0.717) is 24.5 Å². The van der Waals surface area contributed by atoms with Crippen LogP contribution in [0.3, 0.4) is 0 Å². The molecule has 0 aliphatic rings. The average molecular weight is 249 g/mol. The Morgan fingerprint density at radius 2 is 2.11 bits per heavy atom. The van der Waals surface area contributed by atoms with Gasteiger partial charge in [0.1, 0.15) is 0 Å². The van der Waals surface area contributed by atoms with Crippen LogP contribution in [-0.4, -0.2) is 18.8 Å². The topological polar surface area (TPSA) is 62.5 Å². The highest BCUT2D eigenvalue weighted by Crippen LogP contribution is 2.30. The molecule has 1 aromatic rings. The van der Waals surface area contributed by atoms with Crippen LogP contribution >= 0.6 is 0 Å². The largest absolute Gasteiger partial charge is 0.493 e. The van der Waals surface area contributed by atoms with Gasteiger partial charge in [-0.1, -0.05) is 6.07 Å². The highest BCUT2D eigenvalue weighted by atomic mass is 16.5. The van der Waals surface area contributed by atoms with Crippen LogP contribution in [-0.2, 0) is 0 Å². The second kappa shape index (κ2) is 7.57. The molecule has 1 N–H and O–H groups in total. The summed E-state index contributed by atoms with van der Waals surface area (Å²) in [7, 11) is 1.57. The van der Waals surface area contributed by atoms with Crippen LogP contribution in [0.4, 0.5) is 0 Å². The first-order valence-corrected chi connectivity index (χ1v) is 6.04. The van der Waals surface area contributed by atoms with E-state index in [1.165, 1.54) is 0 Å². The lowest BCUT2D eigenvalue weighted by atomic mass is 10.1. The Morgan fingerprint density at radius 3 is 2.72 bits per heavy atom. The number of unbranched alkanes of at least 4 members (excludes halogenated alkanes) is 2. The van der Waals surface area contributed by atoms with Crippen LogP contribution < -0.4 is 9.47 Å². The maximum absolute atomic E-state index is 9.48. The average Bonchev–Trinajstić information content (AvgIpc) is 2.38. The number of aliphatic hydroxyl groups excluding tert-OH is 1. The zero-order valence-electron chi connectivity index (χ0n) is 10.8. The Balaban J connectivity index is 2.57. The lowest BCUT2D eigenvalue weighted by molar-refractivity contribution is 0.198. The predicted molar refractivity (Wildman–Crippen MR) is 68.6 cm³/mol. The SMILES string of the molecule is COc1cc([C@H](C)O)ccc1OCCCCC#N. The van der Waals surface area contributed by atoms with Gasteiger partial charge in [-0.25, -0.2) is 0 Å². The number of aliphatic hydroxyl groups is 1. The first-order chi connectivity index (χ1) is 8.69. The van der Waals surface area contributed by atoms with E-state index in [9.17, 15) is 5.11 Å². The van der Waals surface area contributed by atoms with Crippen molar-refractivity contribution in [2.75, 3.05) is 13.7 Å². The van der Waals surface area contributed by atoms with Crippen molar-refractivity contribution in [2.45, 2.75) is 32.3 Å². The van der Waals surface area contributed by atoms with Crippen molar-refractivity contribution in [1.29, 1.82) is 5.26 Å². The highest BCUT2D eigenvalue weighted by Gasteiger charge is 2.08. The van der Waals surface area contributed by atoms with Crippen molar-refractivity contribution in [2.24, 2.45) is 0 Å². The van der Waals surface area contributed by atoms with Gasteiger partial charge in [-0.05, 0) is 37.5 Å². The summed E-state index contributed by atoms with van der Waals surface area (Å²) < 4.78 is 10.8. The molecule has 0 unspecified atom stereocenters. The van der Waals surface area contributed by atoms with Gasteiger partial charge in [0.2, 0.25) is 0 Å². The van der Waals surface area contributed by atoms with Crippen LogP contribution in [0.15, 0.2) is 18.2 Å². The molecular formula is C14H19NO3. The van der Waals surface area contributed by atoms with Gasteiger partial charge in [-0.15, -0.1) is 0 Å². The summed E-state index contributed by atoms with van der Waals surface area (Å²) in [5.74, 6) is 1.28. The monoisotopic (exact) mass is 249 g/mol. The van der Waals surface area contributed by atoms with Crippen molar-refractivity contribution in [3.05, 3.63) is 23.8 Å². The highest BCUT2D eigenvalue weighted by molar-refractivity contribution is 5.43. The van der Waals surface area contributed by atoms with E-state index in [2.05, 4.69) is 6.07 Å². The predicted octanol–water partition coefficient (Wildman–Crippen LogP) is 2.82. The molecule has 0 saturated carbocycles. The molecule has 1 aromatic carbocycles. The Labute approximate surface area is 108 Å². The molecule has 4 nitrogen and oxygen atoms in total. The van der Waals surface area contributed by atoms with E-state index in [1.54, 1.807) is 26.2 Å². The van der Waals surface area contributed by atoms with Crippen LogP contribution in [0.2, 0.25) is 0 Å². The van der Waals surface area contributed by atoms with Gasteiger partial charge < -0.3 is 14.6 Å². The summed E-state index contributed by atoms with van der Waals surface area (Å²) in [6, 6.07) is 7.49. The number of nitriles is 1. The van der Waals surface area contributed by atoms with Crippen LogP contribution in [0, 0.1) is 11.3 Å². The van der Waals surface area contributed by atoms with Gasteiger partial charge in [0.25, 0.3) is 0 Å². The first-order valence-electron chi connectivity index (χ1n) is 6.04. The fourth-order valence-electron chi connectivity index (χ4n) is 1.55. The van der Waals surface area contributed by atoms with E-state index in [-0.39, 0.29) is 0 Å². The van der Waals surface area contributed by atoms with Crippen molar-refractivity contribution >= 4 is 0 Å². The minimum atomic E-state index is -0.524. The second-order valence-electron chi connectivity index (χ2n) is 4.05. The summed E-state index contributed by atoms with van der Waals surface area (Å²) in [6.45, 7) is 2.27. The van der Waals surface area contributed by atoms with Gasteiger partial charge in [-0.2, -0.15) is 5.26 Å². The van der Waals surface area contributed by atoms with Gasteiger partial charge in [-0.3, -0.25) is 0 Å². The summed E-state index contributed by atoms with van der Waals surface area (Å²) in [4.78, 5) is 0. The van der Waals surface area contributed by atoms with Crippen molar-refractivity contribution in [1.82, 2.24) is 0 Å². The minimum Gasteiger partial charge on any atom is -0.493 e. The first kappa shape index (κ1) is 14.3. The summed E-state index contributed by atoms with van der Waals surface area (Å²) in [5.41, 5.74) is 0.795. The molecule has 0 heterocycles. The van der Waals surface area contributed by atoms with Crippen molar-refractivity contribution in [3.63, 3.8) is 0 Å². The standard InChI is InChI=1S/C14H19NO3/c1-11(16)12-6-7-13(14(10-12)17-2)18-9-5-3-4-8-15/h6-7,10-11,16H,3-5,9H2,1-2H3/t11-/m0/s1. The molecule has 98 valence electrons. The smallest absolute Gasteiger partial charge is 0.161 e. The lowest BCUT2D eigenvalue weighted by Gasteiger charge is -2.13. The molecule has 0 amide bonds. The molecule has 0 bridgehead atoms. The molecule has 1 rings (SSSR count). The maximum Gasteiger partial charge on any atom is 0.161 e. The summed E-state index contributed by atoms with van der Waals surface area (Å²) >= 11 is 0. The van der Waals surface area contributed by atoms with Crippen LogP contribution in [0.1, 0.15) is 37.9 Å². The van der Waals surface area contributed by atoms with E-state index in [0.717, 1.165) is 18.4 Å². The van der Waals surface area contributed by atoms with Crippen molar-refractivity contribution in [3.8, 4) is 17.6 Å². The molecule has 18 heavy (non-hydrogen) atoms. The fraction of sp³-hybridized carbons (Fsp3) is 0.500. The second-order valence-corrected chi connectivity index (χ2v) is 4.05. The summed E-state index contributed by atoms with van der Waals surface area (Å²) in [5, 5.41) is 17.9. The molecular weight excluding hydrogens is 230 g/mol.